The molecule has 1 unspecified atom stereocenters. The number of rotatable bonds is 7. The van der Waals surface area contributed by atoms with Gasteiger partial charge in [-0.15, -0.1) is 0 Å². The van der Waals surface area contributed by atoms with E-state index in [0.717, 1.165) is 18.4 Å². The van der Waals surface area contributed by atoms with Crippen molar-refractivity contribution in [2.24, 2.45) is 17.3 Å². The third-order valence-electron chi connectivity index (χ3n) is 4.35. The molecule has 1 fully saturated rings. The van der Waals surface area contributed by atoms with Crippen LogP contribution in [0.15, 0.2) is 0 Å². The lowest BCUT2D eigenvalue weighted by Gasteiger charge is -2.45. The molecule has 0 saturated heterocycles. The standard InChI is InChI=1S/C16H33NO/c1-14(2)11-16(13-18-5,12-17(3)4)15-9-7-6-8-10-15/h14-15H,6-13H2,1-5H3. The summed E-state index contributed by atoms with van der Waals surface area (Å²) in [7, 11) is 6.27. The summed E-state index contributed by atoms with van der Waals surface area (Å²) in [4.78, 5) is 2.36. The average molecular weight is 255 g/mol. The lowest BCUT2D eigenvalue weighted by molar-refractivity contribution is -0.0181. The van der Waals surface area contributed by atoms with Gasteiger partial charge in [-0.3, -0.25) is 0 Å². The molecule has 108 valence electrons. The Morgan fingerprint density at radius 1 is 1.17 bits per heavy atom. The SMILES string of the molecule is COCC(CC(C)C)(CN(C)C)C1CCCCC1. The Balaban J connectivity index is 2.85. The van der Waals surface area contributed by atoms with Crippen LogP contribution in [0.2, 0.25) is 0 Å². The zero-order valence-corrected chi connectivity index (χ0v) is 13.2. The van der Waals surface area contributed by atoms with E-state index in [4.69, 9.17) is 4.74 Å². The maximum absolute atomic E-state index is 5.64. The van der Waals surface area contributed by atoms with Gasteiger partial charge < -0.3 is 9.64 Å². The van der Waals surface area contributed by atoms with Crippen LogP contribution in [0.5, 0.6) is 0 Å². The second-order valence-corrected chi connectivity index (χ2v) is 6.97. The minimum Gasteiger partial charge on any atom is -0.384 e. The van der Waals surface area contributed by atoms with Gasteiger partial charge in [-0.25, -0.2) is 0 Å². The second-order valence-electron chi connectivity index (χ2n) is 6.97. The summed E-state index contributed by atoms with van der Waals surface area (Å²) >= 11 is 0. The quantitative estimate of drug-likeness (QED) is 0.686. The number of methoxy groups -OCH3 is 1. The molecule has 0 N–H and O–H groups in total. The van der Waals surface area contributed by atoms with Crippen molar-refractivity contribution < 1.29 is 4.74 Å². The molecule has 0 aromatic heterocycles. The summed E-state index contributed by atoms with van der Waals surface area (Å²) in [6.07, 6.45) is 8.38. The fourth-order valence-electron chi connectivity index (χ4n) is 4.03. The molecule has 0 bridgehead atoms. The number of hydrogen-bond donors (Lipinski definition) is 0. The first-order valence-corrected chi connectivity index (χ1v) is 7.64. The fourth-order valence-corrected chi connectivity index (χ4v) is 4.03. The Kier molecular flexibility index (Phi) is 6.65. The fraction of sp³-hybridized carbons (Fsp3) is 1.00. The monoisotopic (exact) mass is 255 g/mol. The van der Waals surface area contributed by atoms with E-state index in [1.165, 1.54) is 45.1 Å². The summed E-state index contributed by atoms with van der Waals surface area (Å²) in [5.41, 5.74) is 0.368. The number of hydrogen-bond acceptors (Lipinski definition) is 2. The van der Waals surface area contributed by atoms with E-state index in [1.54, 1.807) is 0 Å². The molecule has 0 aromatic carbocycles. The topological polar surface area (TPSA) is 12.5 Å². The molecule has 1 aliphatic carbocycles. The molecule has 1 saturated carbocycles. The second kappa shape index (κ2) is 7.49. The minimum absolute atomic E-state index is 0.368. The number of ether oxygens (including phenoxy) is 1. The van der Waals surface area contributed by atoms with Crippen LogP contribution in [0.1, 0.15) is 52.4 Å². The van der Waals surface area contributed by atoms with Gasteiger partial charge in [-0.1, -0.05) is 33.1 Å². The molecule has 18 heavy (non-hydrogen) atoms. The molecule has 0 spiro atoms. The van der Waals surface area contributed by atoms with E-state index in [9.17, 15) is 0 Å². The van der Waals surface area contributed by atoms with E-state index in [0.29, 0.717) is 5.41 Å². The van der Waals surface area contributed by atoms with Gasteiger partial charge in [0.15, 0.2) is 0 Å². The van der Waals surface area contributed by atoms with E-state index in [2.05, 4.69) is 32.8 Å². The van der Waals surface area contributed by atoms with Crippen molar-refractivity contribution in [2.45, 2.75) is 52.4 Å². The third kappa shape index (κ3) is 4.55. The van der Waals surface area contributed by atoms with Crippen LogP contribution in [0.25, 0.3) is 0 Å². The Labute approximate surface area is 114 Å². The highest BCUT2D eigenvalue weighted by Crippen LogP contribution is 2.43. The maximum Gasteiger partial charge on any atom is 0.0533 e. The molecule has 0 aromatic rings. The predicted octanol–water partition coefficient (Wildman–Crippen LogP) is 3.81. The van der Waals surface area contributed by atoms with Gasteiger partial charge in [-0.05, 0) is 45.2 Å². The Morgan fingerprint density at radius 2 is 1.78 bits per heavy atom. The van der Waals surface area contributed by atoms with Gasteiger partial charge in [-0.2, -0.15) is 0 Å². The highest BCUT2D eigenvalue weighted by molar-refractivity contribution is 4.90. The first-order valence-electron chi connectivity index (χ1n) is 7.64. The van der Waals surface area contributed by atoms with Crippen LogP contribution in [0.3, 0.4) is 0 Å². The van der Waals surface area contributed by atoms with Gasteiger partial charge >= 0.3 is 0 Å². The highest BCUT2D eigenvalue weighted by atomic mass is 16.5. The zero-order valence-electron chi connectivity index (χ0n) is 13.2. The van der Waals surface area contributed by atoms with Crippen LogP contribution >= 0.6 is 0 Å². The van der Waals surface area contributed by atoms with Crippen molar-refractivity contribution >= 4 is 0 Å². The first kappa shape index (κ1) is 16.0. The van der Waals surface area contributed by atoms with Gasteiger partial charge in [0.2, 0.25) is 0 Å². The molecular formula is C16H33NO. The molecule has 0 amide bonds. The van der Waals surface area contributed by atoms with Crippen LogP contribution in [0.4, 0.5) is 0 Å². The van der Waals surface area contributed by atoms with E-state index in [1.807, 2.05) is 7.11 Å². The molecule has 0 radical (unpaired) electrons. The number of nitrogens with zero attached hydrogens (tertiary/aromatic N) is 1. The maximum atomic E-state index is 5.64. The smallest absolute Gasteiger partial charge is 0.0533 e. The van der Waals surface area contributed by atoms with Gasteiger partial charge in [0.1, 0.15) is 0 Å². The summed E-state index contributed by atoms with van der Waals surface area (Å²) in [6.45, 7) is 6.80. The van der Waals surface area contributed by atoms with E-state index < -0.39 is 0 Å². The molecule has 1 rings (SSSR count). The Hall–Kier alpha value is -0.0800. The van der Waals surface area contributed by atoms with Crippen LogP contribution in [0, 0.1) is 17.3 Å². The molecular weight excluding hydrogens is 222 g/mol. The van der Waals surface area contributed by atoms with Crippen LogP contribution in [-0.2, 0) is 4.74 Å². The van der Waals surface area contributed by atoms with Crippen molar-refractivity contribution in [2.75, 3.05) is 34.4 Å². The highest BCUT2D eigenvalue weighted by Gasteiger charge is 2.40. The average Bonchev–Trinajstić information content (AvgIpc) is 2.28. The van der Waals surface area contributed by atoms with Gasteiger partial charge in [0.25, 0.3) is 0 Å². The summed E-state index contributed by atoms with van der Waals surface area (Å²) in [6, 6.07) is 0. The minimum atomic E-state index is 0.368. The van der Waals surface area contributed by atoms with Crippen molar-refractivity contribution in [3.8, 4) is 0 Å². The molecule has 1 atom stereocenters. The Bertz CT molecular complexity index is 209. The lowest BCUT2D eigenvalue weighted by Crippen LogP contribution is -2.45. The summed E-state index contributed by atoms with van der Waals surface area (Å²) in [5, 5.41) is 0. The van der Waals surface area contributed by atoms with E-state index in [-0.39, 0.29) is 0 Å². The lowest BCUT2D eigenvalue weighted by atomic mass is 9.65. The Morgan fingerprint density at radius 3 is 2.22 bits per heavy atom. The zero-order chi connectivity index (χ0) is 13.6. The molecule has 0 aliphatic heterocycles. The van der Waals surface area contributed by atoms with Crippen molar-refractivity contribution in [1.82, 2.24) is 4.90 Å². The largest absolute Gasteiger partial charge is 0.384 e. The predicted molar refractivity (Wildman–Crippen MR) is 78.9 cm³/mol. The molecule has 2 heteroatoms. The van der Waals surface area contributed by atoms with Crippen LogP contribution in [-0.4, -0.2) is 39.3 Å². The van der Waals surface area contributed by atoms with Gasteiger partial charge in [0, 0.05) is 19.1 Å². The van der Waals surface area contributed by atoms with Crippen molar-refractivity contribution in [3.63, 3.8) is 0 Å². The van der Waals surface area contributed by atoms with Crippen LogP contribution < -0.4 is 0 Å². The summed E-state index contributed by atoms with van der Waals surface area (Å²) < 4.78 is 5.64. The summed E-state index contributed by atoms with van der Waals surface area (Å²) in [5.74, 6) is 1.61. The van der Waals surface area contributed by atoms with Gasteiger partial charge in [0.05, 0.1) is 6.61 Å². The molecule has 2 nitrogen and oxygen atoms in total. The normalized spacial score (nSPS) is 21.5. The van der Waals surface area contributed by atoms with Crippen molar-refractivity contribution in [3.05, 3.63) is 0 Å². The first-order chi connectivity index (χ1) is 8.50. The molecule has 1 aliphatic rings. The van der Waals surface area contributed by atoms with E-state index >= 15 is 0 Å². The molecule has 0 heterocycles. The van der Waals surface area contributed by atoms with Crippen molar-refractivity contribution in [1.29, 1.82) is 0 Å². The third-order valence-corrected chi connectivity index (χ3v) is 4.35.